The lowest BCUT2D eigenvalue weighted by Gasteiger charge is -2.33. The predicted molar refractivity (Wildman–Crippen MR) is 73.1 cm³/mol. The smallest absolute Gasteiger partial charge is 0.209 e. The van der Waals surface area contributed by atoms with Crippen molar-refractivity contribution in [3.63, 3.8) is 0 Å². The van der Waals surface area contributed by atoms with Crippen molar-refractivity contribution in [1.82, 2.24) is 0 Å². The molecule has 1 rings (SSSR count). The Labute approximate surface area is 115 Å². The molecule has 5 heteroatoms. The maximum atomic E-state index is 6.22. The van der Waals surface area contributed by atoms with Crippen LogP contribution in [0.25, 0.3) is 0 Å². The first kappa shape index (κ1) is 14.9. The zero-order valence-electron chi connectivity index (χ0n) is 10.0. The van der Waals surface area contributed by atoms with Gasteiger partial charge in [-0.3, -0.25) is 0 Å². The van der Waals surface area contributed by atoms with Crippen molar-refractivity contribution in [2.75, 3.05) is 19.8 Å². The third-order valence-electron chi connectivity index (χ3n) is 2.37. The maximum Gasteiger partial charge on any atom is 0.209 e. The second kappa shape index (κ2) is 6.71. The van der Waals surface area contributed by atoms with Gasteiger partial charge in [0.1, 0.15) is 0 Å². The normalized spacial score (nSPS) is 11.8. The third kappa shape index (κ3) is 3.42. The van der Waals surface area contributed by atoms with Crippen LogP contribution in [0.5, 0.6) is 0 Å². The zero-order valence-corrected chi connectivity index (χ0v) is 12.3. The highest BCUT2D eigenvalue weighted by Gasteiger charge is 2.34. The van der Waals surface area contributed by atoms with E-state index in [0.29, 0.717) is 18.2 Å². The van der Waals surface area contributed by atoms with Crippen molar-refractivity contribution < 1.29 is 9.47 Å². The largest absolute Gasteiger partial charge is 0.345 e. The molecule has 3 nitrogen and oxygen atoms in total. The Morgan fingerprint density at radius 2 is 1.88 bits per heavy atom. The molecule has 1 aromatic carbocycles. The van der Waals surface area contributed by atoms with Gasteiger partial charge in [0.2, 0.25) is 5.79 Å². The van der Waals surface area contributed by atoms with Gasteiger partial charge in [-0.1, -0.05) is 33.6 Å². The number of ether oxygens (including phenoxy) is 2. The Bertz CT molecular complexity index is 368. The van der Waals surface area contributed by atoms with Gasteiger partial charge >= 0.3 is 0 Å². The number of halogens is 2. The van der Waals surface area contributed by atoms with Crippen molar-refractivity contribution in [3.8, 4) is 0 Å². The molecule has 0 aliphatic heterocycles. The Morgan fingerprint density at radius 1 is 1.29 bits per heavy atom. The topological polar surface area (TPSA) is 44.5 Å². The van der Waals surface area contributed by atoms with Crippen LogP contribution in [0.4, 0.5) is 0 Å². The van der Waals surface area contributed by atoms with Gasteiger partial charge in [-0.05, 0) is 26.0 Å². The second-order valence-corrected chi connectivity index (χ2v) is 4.77. The molecule has 0 aliphatic rings. The van der Waals surface area contributed by atoms with E-state index < -0.39 is 5.79 Å². The van der Waals surface area contributed by atoms with E-state index >= 15 is 0 Å². The number of rotatable bonds is 6. The SMILES string of the molecule is CCOC(CN)(OCC)c1ccc(Br)cc1Cl. The summed E-state index contributed by atoms with van der Waals surface area (Å²) in [6.45, 7) is 5.02. The van der Waals surface area contributed by atoms with Crippen molar-refractivity contribution >= 4 is 27.5 Å². The van der Waals surface area contributed by atoms with E-state index in [4.69, 9.17) is 26.8 Å². The fourth-order valence-electron chi connectivity index (χ4n) is 1.69. The van der Waals surface area contributed by atoms with Crippen LogP contribution in [-0.2, 0) is 15.3 Å². The monoisotopic (exact) mass is 321 g/mol. The van der Waals surface area contributed by atoms with Gasteiger partial charge in [-0.2, -0.15) is 0 Å². The molecule has 0 fully saturated rings. The van der Waals surface area contributed by atoms with Gasteiger partial charge in [-0.25, -0.2) is 0 Å². The number of hydrogen-bond acceptors (Lipinski definition) is 3. The highest BCUT2D eigenvalue weighted by molar-refractivity contribution is 9.10. The summed E-state index contributed by atoms with van der Waals surface area (Å²) in [7, 11) is 0. The van der Waals surface area contributed by atoms with Gasteiger partial charge < -0.3 is 15.2 Å². The second-order valence-electron chi connectivity index (χ2n) is 3.45. The summed E-state index contributed by atoms with van der Waals surface area (Å²) >= 11 is 9.58. The average molecular weight is 323 g/mol. The van der Waals surface area contributed by atoms with E-state index in [1.54, 1.807) is 6.07 Å². The molecule has 96 valence electrons. The summed E-state index contributed by atoms with van der Waals surface area (Å²) < 4.78 is 12.3. The van der Waals surface area contributed by atoms with Crippen molar-refractivity contribution in [3.05, 3.63) is 33.3 Å². The Hall–Kier alpha value is -0.130. The van der Waals surface area contributed by atoms with Crippen molar-refractivity contribution in [1.29, 1.82) is 0 Å². The van der Waals surface area contributed by atoms with Gasteiger partial charge in [0.05, 0.1) is 11.6 Å². The lowest BCUT2D eigenvalue weighted by molar-refractivity contribution is -0.235. The van der Waals surface area contributed by atoms with E-state index in [-0.39, 0.29) is 6.54 Å². The number of hydrogen-bond donors (Lipinski definition) is 1. The first-order valence-corrected chi connectivity index (χ1v) is 6.70. The average Bonchev–Trinajstić information content (AvgIpc) is 2.28. The van der Waals surface area contributed by atoms with Crippen LogP contribution in [-0.4, -0.2) is 19.8 Å². The highest BCUT2D eigenvalue weighted by atomic mass is 79.9. The Balaban J connectivity index is 3.19. The predicted octanol–water partition coefficient (Wildman–Crippen LogP) is 3.29. The Morgan fingerprint density at radius 3 is 2.29 bits per heavy atom. The summed E-state index contributed by atoms with van der Waals surface area (Å²) in [5.41, 5.74) is 6.56. The number of nitrogens with two attached hydrogens (primary N) is 1. The minimum Gasteiger partial charge on any atom is -0.345 e. The van der Waals surface area contributed by atoms with E-state index in [1.807, 2.05) is 26.0 Å². The van der Waals surface area contributed by atoms with Crippen LogP contribution in [0.2, 0.25) is 5.02 Å². The molecule has 0 radical (unpaired) electrons. The molecule has 0 unspecified atom stereocenters. The first-order chi connectivity index (χ1) is 8.09. The number of benzene rings is 1. The fourth-order valence-corrected chi connectivity index (χ4v) is 2.51. The molecule has 0 bridgehead atoms. The summed E-state index contributed by atoms with van der Waals surface area (Å²) in [4.78, 5) is 0. The standard InChI is InChI=1S/C12H17BrClNO2/c1-3-16-12(8-15,17-4-2)10-6-5-9(13)7-11(10)14/h5-7H,3-4,8,15H2,1-2H3. The van der Waals surface area contributed by atoms with Crippen LogP contribution in [0, 0.1) is 0 Å². The molecule has 0 atom stereocenters. The Kier molecular flexibility index (Phi) is 5.89. The highest BCUT2D eigenvalue weighted by Crippen LogP contribution is 2.33. The van der Waals surface area contributed by atoms with E-state index in [0.717, 1.165) is 10.0 Å². The van der Waals surface area contributed by atoms with Crippen LogP contribution in [0.3, 0.4) is 0 Å². The van der Waals surface area contributed by atoms with E-state index in [1.165, 1.54) is 0 Å². The van der Waals surface area contributed by atoms with Gasteiger partial charge in [-0.15, -0.1) is 0 Å². The quantitative estimate of drug-likeness (QED) is 0.817. The molecule has 0 heterocycles. The molecular formula is C12H17BrClNO2. The lowest BCUT2D eigenvalue weighted by atomic mass is 10.1. The van der Waals surface area contributed by atoms with Crippen LogP contribution in [0.1, 0.15) is 19.4 Å². The summed E-state index contributed by atoms with van der Waals surface area (Å²) in [6, 6.07) is 5.56. The molecule has 17 heavy (non-hydrogen) atoms. The minimum absolute atomic E-state index is 0.218. The van der Waals surface area contributed by atoms with Crippen molar-refractivity contribution in [2.24, 2.45) is 5.73 Å². The summed E-state index contributed by atoms with van der Waals surface area (Å²) in [5.74, 6) is -0.957. The summed E-state index contributed by atoms with van der Waals surface area (Å²) in [6.07, 6.45) is 0. The third-order valence-corrected chi connectivity index (χ3v) is 3.17. The zero-order chi connectivity index (χ0) is 12.9. The first-order valence-electron chi connectivity index (χ1n) is 5.53. The van der Waals surface area contributed by atoms with Gasteiger partial charge in [0, 0.05) is 23.2 Å². The molecular weight excluding hydrogens is 305 g/mol. The molecule has 0 aliphatic carbocycles. The van der Waals surface area contributed by atoms with Crippen molar-refractivity contribution in [2.45, 2.75) is 19.6 Å². The van der Waals surface area contributed by atoms with Crippen LogP contribution < -0.4 is 5.73 Å². The molecule has 0 spiro atoms. The molecule has 2 N–H and O–H groups in total. The maximum absolute atomic E-state index is 6.22. The molecule has 0 amide bonds. The summed E-state index contributed by atoms with van der Waals surface area (Å²) in [5, 5.41) is 0.576. The van der Waals surface area contributed by atoms with Crippen LogP contribution >= 0.6 is 27.5 Å². The molecule has 1 aromatic rings. The molecule has 0 saturated carbocycles. The van der Waals surface area contributed by atoms with E-state index in [9.17, 15) is 0 Å². The lowest BCUT2D eigenvalue weighted by Crippen LogP contribution is -2.41. The van der Waals surface area contributed by atoms with Crippen LogP contribution in [0.15, 0.2) is 22.7 Å². The molecule has 0 aromatic heterocycles. The van der Waals surface area contributed by atoms with Gasteiger partial charge in [0.25, 0.3) is 0 Å². The molecule has 0 saturated heterocycles. The van der Waals surface area contributed by atoms with E-state index in [2.05, 4.69) is 15.9 Å². The van der Waals surface area contributed by atoms with Gasteiger partial charge in [0.15, 0.2) is 0 Å². The fraction of sp³-hybridized carbons (Fsp3) is 0.500. The minimum atomic E-state index is -0.957.